The van der Waals surface area contributed by atoms with Crippen LogP contribution in [0.15, 0.2) is 42.5 Å². The molecule has 0 unspecified atom stereocenters. The zero-order valence-electron chi connectivity index (χ0n) is 14.5. The molecule has 0 radical (unpaired) electrons. The number of hydrogen-bond acceptors (Lipinski definition) is 3. The maximum absolute atomic E-state index is 13.4. The number of nitrogens with one attached hydrogen (secondary N) is 1. The van der Waals surface area contributed by atoms with E-state index in [0.717, 1.165) is 11.6 Å². The number of aryl methyl sites for hydroxylation is 3. The number of carbonyl (C=O) groups excluding carboxylic acids is 2. The lowest BCUT2D eigenvalue weighted by Crippen LogP contribution is -2.28. The largest absolute Gasteiger partial charge is 0.460 e. The van der Waals surface area contributed by atoms with Crippen molar-refractivity contribution in [3.8, 4) is 0 Å². The minimum atomic E-state index is -0.604. The number of hydrogen-bond donors (Lipinski definition) is 1. The minimum absolute atomic E-state index is 0.0462. The fraction of sp³-hybridized carbons (Fsp3) is 0.300. The Bertz CT molecular complexity index is 741. The lowest BCUT2D eigenvalue weighted by molar-refractivity contribution is -0.121. The third kappa shape index (κ3) is 6.03. The quantitative estimate of drug-likeness (QED) is 0.620. The molecular weight excluding hydrogens is 321 g/mol. The summed E-state index contributed by atoms with van der Waals surface area (Å²) in [4.78, 5) is 23.6. The second-order valence-electron chi connectivity index (χ2n) is 5.94. The first-order chi connectivity index (χ1) is 12.0. The van der Waals surface area contributed by atoms with Gasteiger partial charge in [0, 0.05) is 6.42 Å². The van der Waals surface area contributed by atoms with Gasteiger partial charge < -0.3 is 10.1 Å². The molecule has 132 valence electrons. The van der Waals surface area contributed by atoms with Crippen LogP contribution in [0, 0.1) is 19.7 Å². The lowest BCUT2D eigenvalue weighted by atomic mass is 10.1. The molecule has 0 saturated carbocycles. The molecule has 0 aliphatic rings. The molecule has 0 aliphatic carbocycles. The van der Waals surface area contributed by atoms with Gasteiger partial charge in [-0.3, -0.25) is 4.79 Å². The molecule has 0 atom stereocenters. The van der Waals surface area contributed by atoms with Crippen LogP contribution >= 0.6 is 0 Å². The van der Waals surface area contributed by atoms with Crippen molar-refractivity contribution in [2.24, 2.45) is 0 Å². The number of esters is 1. The highest BCUT2D eigenvalue weighted by Crippen LogP contribution is 2.10. The van der Waals surface area contributed by atoms with E-state index in [1.165, 1.54) is 17.7 Å². The molecule has 0 fully saturated rings. The summed E-state index contributed by atoms with van der Waals surface area (Å²) < 4.78 is 18.4. The van der Waals surface area contributed by atoms with Crippen molar-refractivity contribution < 1.29 is 18.7 Å². The maximum Gasteiger partial charge on any atom is 0.338 e. The molecule has 2 rings (SSSR count). The number of ether oxygens (including phenoxy) is 1. The van der Waals surface area contributed by atoms with Gasteiger partial charge in [0.15, 0.2) is 0 Å². The summed E-state index contributed by atoms with van der Waals surface area (Å²) in [5.41, 5.74) is 2.92. The number of rotatable bonds is 7. The van der Waals surface area contributed by atoms with Crippen molar-refractivity contribution in [2.45, 2.75) is 26.7 Å². The normalized spacial score (nSPS) is 10.4. The molecule has 5 heteroatoms. The molecule has 2 aromatic carbocycles. The van der Waals surface area contributed by atoms with Gasteiger partial charge in [0.2, 0.25) is 5.91 Å². The van der Waals surface area contributed by atoms with Gasteiger partial charge in [-0.1, -0.05) is 35.9 Å². The number of amides is 1. The molecule has 0 saturated heterocycles. The van der Waals surface area contributed by atoms with Gasteiger partial charge in [-0.15, -0.1) is 0 Å². The zero-order chi connectivity index (χ0) is 18.2. The van der Waals surface area contributed by atoms with Crippen LogP contribution in [0.4, 0.5) is 4.39 Å². The Labute approximate surface area is 147 Å². The van der Waals surface area contributed by atoms with Crippen LogP contribution in [0.1, 0.15) is 33.5 Å². The molecule has 1 amide bonds. The Morgan fingerprint density at radius 1 is 1.08 bits per heavy atom. The second kappa shape index (κ2) is 8.97. The standard InChI is InChI=1S/C20H22FNO3/c1-14-3-6-16(7-4-14)8-10-19(23)22-11-12-25-20(24)17-9-5-15(2)18(21)13-17/h3-7,9,13H,8,10-12H2,1-2H3,(H,22,23). The van der Waals surface area contributed by atoms with Crippen molar-refractivity contribution in [3.05, 3.63) is 70.5 Å². The number of halogens is 1. The lowest BCUT2D eigenvalue weighted by Gasteiger charge is -2.08. The van der Waals surface area contributed by atoms with E-state index in [1.54, 1.807) is 6.92 Å². The molecule has 2 aromatic rings. The molecule has 0 spiro atoms. The van der Waals surface area contributed by atoms with Gasteiger partial charge in [-0.05, 0) is 43.5 Å². The van der Waals surface area contributed by atoms with Gasteiger partial charge in [-0.25, -0.2) is 9.18 Å². The van der Waals surface area contributed by atoms with E-state index in [2.05, 4.69) is 5.32 Å². The van der Waals surface area contributed by atoms with Gasteiger partial charge in [0.1, 0.15) is 12.4 Å². The predicted molar refractivity (Wildman–Crippen MR) is 93.9 cm³/mol. The molecule has 0 heterocycles. The summed E-state index contributed by atoms with van der Waals surface area (Å²) in [6, 6.07) is 12.2. The SMILES string of the molecule is Cc1ccc(CCC(=O)NCCOC(=O)c2ccc(C)c(F)c2)cc1. The number of carbonyl (C=O) groups is 2. The Balaban J connectivity index is 1.66. The smallest absolute Gasteiger partial charge is 0.338 e. The van der Waals surface area contributed by atoms with Crippen molar-refractivity contribution in [1.82, 2.24) is 5.32 Å². The Kier molecular flexibility index (Phi) is 6.69. The van der Waals surface area contributed by atoms with Crippen molar-refractivity contribution in [2.75, 3.05) is 13.2 Å². The summed E-state index contributed by atoms with van der Waals surface area (Å²) in [7, 11) is 0. The first kappa shape index (κ1) is 18.6. The Morgan fingerprint density at radius 2 is 1.80 bits per heavy atom. The van der Waals surface area contributed by atoms with E-state index in [-0.39, 0.29) is 24.6 Å². The van der Waals surface area contributed by atoms with Crippen LogP contribution in [0.25, 0.3) is 0 Å². The third-order valence-electron chi connectivity index (χ3n) is 3.83. The summed E-state index contributed by atoms with van der Waals surface area (Å²) in [6.45, 7) is 3.91. The van der Waals surface area contributed by atoms with Crippen molar-refractivity contribution in [1.29, 1.82) is 0 Å². The van der Waals surface area contributed by atoms with Crippen molar-refractivity contribution in [3.63, 3.8) is 0 Å². The van der Waals surface area contributed by atoms with Gasteiger partial charge in [-0.2, -0.15) is 0 Å². The minimum Gasteiger partial charge on any atom is -0.460 e. The molecule has 0 aliphatic heterocycles. The summed E-state index contributed by atoms with van der Waals surface area (Å²) in [5.74, 6) is -1.15. The van der Waals surface area contributed by atoms with Crippen molar-refractivity contribution >= 4 is 11.9 Å². The second-order valence-corrected chi connectivity index (χ2v) is 5.94. The average Bonchev–Trinajstić information content (AvgIpc) is 2.60. The predicted octanol–water partition coefficient (Wildman–Crippen LogP) is 3.35. The fourth-order valence-electron chi connectivity index (χ4n) is 2.24. The zero-order valence-corrected chi connectivity index (χ0v) is 14.5. The van der Waals surface area contributed by atoms with Crippen LogP contribution in [0.5, 0.6) is 0 Å². The fourth-order valence-corrected chi connectivity index (χ4v) is 2.24. The van der Waals surface area contributed by atoms with Crippen LogP contribution < -0.4 is 5.32 Å². The summed E-state index contributed by atoms with van der Waals surface area (Å²) >= 11 is 0. The van der Waals surface area contributed by atoms with E-state index in [9.17, 15) is 14.0 Å². The molecule has 0 bridgehead atoms. The van der Waals surface area contributed by atoms with Crippen LogP contribution in [0.2, 0.25) is 0 Å². The van der Waals surface area contributed by atoms with E-state index in [4.69, 9.17) is 4.74 Å². The van der Waals surface area contributed by atoms with E-state index in [1.807, 2.05) is 31.2 Å². The number of benzene rings is 2. The first-order valence-corrected chi connectivity index (χ1v) is 8.21. The highest BCUT2D eigenvalue weighted by Gasteiger charge is 2.09. The summed E-state index contributed by atoms with van der Waals surface area (Å²) in [5, 5.41) is 2.70. The molecule has 1 N–H and O–H groups in total. The monoisotopic (exact) mass is 343 g/mol. The Morgan fingerprint density at radius 3 is 2.48 bits per heavy atom. The van der Waals surface area contributed by atoms with E-state index >= 15 is 0 Å². The first-order valence-electron chi connectivity index (χ1n) is 8.21. The van der Waals surface area contributed by atoms with E-state index in [0.29, 0.717) is 18.4 Å². The summed E-state index contributed by atoms with van der Waals surface area (Å²) in [6.07, 6.45) is 1.04. The van der Waals surface area contributed by atoms with Crippen LogP contribution in [-0.4, -0.2) is 25.0 Å². The topological polar surface area (TPSA) is 55.4 Å². The molecule has 4 nitrogen and oxygen atoms in total. The van der Waals surface area contributed by atoms with Crippen LogP contribution in [0.3, 0.4) is 0 Å². The average molecular weight is 343 g/mol. The van der Waals surface area contributed by atoms with Crippen LogP contribution in [-0.2, 0) is 16.0 Å². The molecular formula is C20H22FNO3. The van der Waals surface area contributed by atoms with Gasteiger partial charge in [0.05, 0.1) is 12.1 Å². The Hall–Kier alpha value is -2.69. The van der Waals surface area contributed by atoms with Gasteiger partial charge in [0.25, 0.3) is 0 Å². The molecule has 25 heavy (non-hydrogen) atoms. The molecule has 0 aromatic heterocycles. The highest BCUT2D eigenvalue weighted by molar-refractivity contribution is 5.89. The van der Waals surface area contributed by atoms with Gasteiger partial charge >= 0.3 is 5.97 Å². The maximum atomic E-state index is 13.4. The van der Waals surface area contributed by atoms with E-state index < -0.39 is 11.8 Å². The third-order valence-corrected chi connectivity index (χ3v) is 3.83. The highest BCUT2D eigenvalue weighted by atomic mass is 19.1.